The van der Waals surface area contributed by atoms with Gasteiger partial charge in [0.15, 0.2) is 0 Å². The van der Waals surface area contributed by atoms with Crippen LogP contribution in [0.1, 0.15) is 18.9 Å². The Morgan fingerprint density at radius 3 is 2.68 bits per heavy atom. The van der Waals surface area contributed by atoms with Crippen molar-refractivity contribution in [2.24, 2.45) is 5.73 Å². The largest absolute Gasteiger partial charge is 0.492 e. The highest BCUT2D eigenvalue weighted by Gasteiger charge is 2.08. The molecule has 1 aliphatic heterocycles. The Kier molecular flexibility index (Phi) is 5.43. The Bertz CT molecular complexity index is 411. The Morgan fingerprint density at radius 1 is 1.26 bits per heavy atom. The first-order chi connectivity index (χ1) is 9.28. The molecule has 3 nitrogen and oxygen atoms in total. The molecule has 1 heterocycles. The van der Waals surface area contributed by atoms with E-state index in [-0.39, 0.29) is 0 Å². The highest BCUT2D eigenvalue weighted by Crippen LogP contribution is 2.13. The van der Waals surface area contributed by atoms with Crippen molar-refractivity contribution >= 4 is 0 Å². The number of hydrogen-bond donors (Lipinski definition) is 1. The van der Waals surface area contributed by atoms with Gasteiger partial charge in [-0.3, -0.25) is 4.90 Å². The molecule has 0 bridgehead atoms. The molecule has 0 aliphatic carbocycles. The maximum atomic E-state index is 5.78. The first kappa shape index (κ1) is 14.1. The molecular weight excluding hydrogens is 236 g/mol. The number of rotatable bonds is 6. The first-order valence-corrected chi connectivity index (χ1v) is 7.08. The van der Waals surface area contributed by atoms with E-state index in [1.165, 1.54) is 17.6 Å². The molecule has 0 amide bonds. The summed E-state index contributed by atoms with van der Waals surface area (Å²) in [4.78, 5) is 2.43. The molecule has 0 fully saturated rings. The lowest BCUT2D eigenvalue weighted by Gasteiger charge is -2.25. The predicted molar refractivity (Wildman–Crippen MR) is 79.5 cm³/mol. The second-order valence-corrected chi connectivity index (χ2v) is 5.13. The molecule has 0 saturated carbocycles. The van der Waals surface area contributed by atoms with Gasteiger partial charge in [0.2, 0.25) is 0 Å². The van der Waals surface area contributed by atoms with Crippen molar-refractivity contribution in [3.8, 4) is 5.75 Å². The minimum Gasteiger partial charge on any atom is -0.492 e. The Hall–Kier alpha value is -1.32. The molecule has 0 aromatic heterocycles. The van der Waals surface area contributed by atoms with E-state index >= 15 is 0 Å². The van der Waals surface area contributed by atoms with Gasteiger partial charge in [-0.25, -0.2) is 0 Å². The van der Waals surface area contributed by atoms with Crippen molar-refractivity contribution in [2.75, 3.05) is 32.8 Å². The Morgan fingerprint density at radius 2 is 2.05 bits per heavy atom. The maximum Gasteiger partial charge on any atom is 0.119 e. The van der Waals surface area contributed by atoms with Crippen LogP contribution in [0.25, 0.3) is 0 Å². The smallest absolute Gasteiger partial charge is 0.119 e. The summed E-state index contributed by atoms with van der Waals surface area (Å²) < 4.78 is 5.78. The highest BCUT2D eigenvalue weighted by atomic mass is 16.5. The summed E-state index contributed by atoms with van der Waals surface area (Å²) in [5.41, 5.74) is 8.31. The SMILES string of the molecule is CC1=CCN(CCOc2ccc(CCN)cc2)CC1. The van der Waals surface area contributed by atoms with E-state index in [1.807, 2.05) is 12.1 Å². The molecule has 2 rings (SSSR count). The van der Waals surface area contributed by atoms with Gasteiger partial charge in [-0.1, -0.05) is 23.8 Å². The van der Waals surface area contributed by atoms with Crippen molar-refractivity contribution < 1.29 is 4.74 Å². The van der Waals surface area contributed by atoms with Gasteiger partial charge in [0, 0.05) is 19.6 Å². The average Bonchev–Trinajstić information content (AvgIpc) is 2.43. The molecule has 104 valence electrons. The van der Waals surface area contributed by atoms with E-state index in [0.29, 0.717) is 6.54 Å². The number of hydrogen-bond acceptors (Lipinski definition) is 3. The minimum atomic E-state index is 0.697. The van der Waals surface area contributed by atoms with E-state index < -0.39 is 0 Å². The fourth-order valence-electron chi connectivity index (χ4n) is 2.23. The monoisotopic (exact) mass is 260 g/mol. The lowest BCUT2D eigenvalue weighted by molar-refractivity contribution is 0.219. The second kappa shape index (κ2) is 7.31. The summed E-state index contributed by atoms with van der Waals surface area (Å²) in [6.45, 7) is 6.86. The third-order valence-electron chi connectivity index (χ3n) is 3.55. The van der Waals surface area contributed by atoms with Crippen LogP contribution in [0, 0.1) is 0 Å². The quantitative estimate of drug-likeness (QED) is 0.797. The van der Waals surface area contributed by atoms with Crippen molar-refractivity contribution in [1.82, 2.24) is 4.90 Å². The Labute approximate surface area is 116 Å². The van der Waals surface area contributed by atoms with Crippen LogP contribution in [0.5, 0.6) is 5.75 Å². The molecule has 0 saturated heterocycles. The summed E-state index contributed by atoms with van der Waals surface area (Å²) in [6.07, 6.45) is 4.43. The maximum absolute atomic E-state index is 5.78. The van der Waals surface area contributed by atoms with Gasteiger partial charge in [-0.2, -0.15) is 0 Å². The van der Waals surface area contributed by atoms with Crippen molar-refractivity contribution in [2.45, 2.75) is 19.8 Å². The van der Waals surface area contributed by atoms with E-state index in [1.54, 1.807) is 0 Å². The number of nitrogens with two attached hydrogens (primary N) is 1. The van der Waals surface area contributed by atoms with Gasteiger partial charge in [-0.05, 0) is 44.0 Å². The number of ether oxygens (including phenoxy) is 1. The average molecular weight is 260 g/mol. The zero-order valence-corrected chi connectivity index (χ0v) is 11.8. The zero-order chi connectivity index (χ0) is 13.5. The topological polar surface area (TPSA) is 38.5 Å². The molecule has 2 N–H and O–H groups in total. The molecule has 19 heavy (non-hydrogen) atoms. The third-order valence-corrected chi connectivity index (χ3v) is 3.55. The van der Waals surface area contributed by atoms with E-state index in [2.05, 4.69) is 30.0 Å². The summed E-state index contributed by atoms with van der Waals surface area (Å²) in [7, 11) is 0. The lowest BCUT2D eigenvalue weighted by Crippen LogP contribution is -2.32. The first-order valence-electron chi connectivity index (χ1n) is 7.08. The molecule has 3 heteroatoms. The molecule has 0 radical (unpaired) electrons. The van der Waals surface area contributed by atoms with Crippen molar-refractivity contribution in [3.05, 3.63) is 41.5 Å². The number of benzene rings is 1. The van der Waals surface area contributed by atoms with Gasteiger partial charge < -0.3 is 10.5 Å². The molecular formula is C16H24N2O. The normalized spacial score (nSPS) is 16.2. The second-order valence-electron chi connectivity index (χ2n) is 5.13. The number of nitrogens with zero attached hydrogens (tertiary/aromatic N) is 1. The fourth-order valence-corrected chi connectivity index (χ4v) is 2.23. The molecule has 0 unspecified atom stereocenters. The summed E-state index contributed by atoms with van der Waals surface area (Å²) in [5.74, 6) is 0.949. The molecule has 1 aliphatic rings. The van der Waals surface area contributed by atoms with Crippen LogP contribution in [0.4, 0.5) is 0 Å². The van der Waals surface area contributed by atoms with Gasteiger partial charge in [-0.15, -0.1) is 0 Å². The minimum absolute atomic E-state index is 0.697. The van der Waals surface area contributed by atoms with Crippen LogP contribution >= 0.6 is 0 Å². The van der Waals surface area contributed by atoms with Crippen LogP contribution in [0.3, 0.4) is 0 Å². The van der Waals surface area contributed by atoms with Gasteiger partial charge in [0.05, 0.1) is 0 Å². The predicted octanol–water partition coefficient (Wildman–Crippen LogP) is 2.22. The van der Waals surface area contributed by atoms with Crippen LogP contribution in [-0.4, -0.2) is 37.7 Å². The summed E-state index contributed by atoms with van der Waals surface area (Å²) in [5, 5.41) is 0. The van der Waals surface area contributed by atoms with Crippen LogP contribution in [0.2, 0.25) is 0 Å². The highest BCUT2D eigenvalue weighted by molar-refractivity contribution is 5.27. The third kappa shape index (κ3) is 4.69. The Balaban J connectivity index is 1.70. The lowest BCUT2D eigenvalue weighted by atomic mass is 10.1. The van der Waals surface area contributed by atoms with Gasteiger partial charge >= 0.3 is 0 Å². The molecule has 1 aromatic carbocycles. The van der Waals surface area contributed by atoms with Crippen LogP contribution in [0.15, 0.2) is 35.9 Å². The molecule has 1 aromatic rings. The summed E-state index contributed by atoms with van der Waals surface area (Å²) >= 11 is 0. The zero-order valence-electron chi connectivity index (χ0n) is 11.8. The molecule has 0 spiro atoms. The summed E-state index contributed by atoms with van der Waals surface area (Å²) in [6, 6.07) is 8.25. The van der Waals surface area contributed by atoms with Gasteiger partial charge in [0.25, 0.3) is 0 Å². The standard InChI is InChI=1S/C16H24N2O/c1-14-7-10-18(11-8-14)12-13-19-16-4-2-15(3-5-16)6-9-17/h2-5,7H,6,8-13,17H2,1H3. The van der Waals surface area contributed by atoms with Crippen LogP contribution < -0.4 is 10.5 Å². The van der Waals surface area contributed by atoms with Gasteiger partial charge in [0.1, 0.15) is 12.4 Å². The fraction of sp³-hybridized carbons (Fsp3) is 0.500. The van der Waals surface area contributed by atoms with E-state index in [0.717, 1.165) is 38.4 Å². The van der Waals surface area contributed by atoms with Crippen LogP contribution in [-0.2, 0) is 6.42 Å². The van der Waals surface area contributed by atoms with Crippen molar-refractivity contribution in [3.63, 3.8) is 0 Å². The molecule has 0 atom stereocenters. The van der Waals surface area contributed by atoms with E-state index in [9.17, 15) is 0 Å². The van der Waals surface area contributed by atoms with E-state index in [4.69, 9.17) is 10.5 Å². The van der Waals surface area contributed by atoms with Crippen molar-refractivity contribution in [1.29, 1.82) is 0 Å².